The summed E-state index contributed by atoms with van der Waals surface area (Å²) in [6, 6.07) is 0.726. The summed E-state index contributed by atoms with van der Waals surface area (Å²) in [6.45, 7) is 7.72. The molecule has 0 spiro atoms. The van der Waals surface area contributed by atoms with E-state index in [1.807, 2.05) is 6.92 Å². The highest BCUT2D eigenvalue weighted by Crippen LogP contribution is 2.24. The molecule has 0 radical (unpaired) electrons. The molecule has 59 heavy (non-hydrogen) atoms. The van der Waals surface area contributed by atoms with Crippen molar-refractivity contribution in [3.63, 3.8) is 0 Å². The number of amides is 4. The third-order valence-corrected chi connectivity index (χ3v) is 9.55. The van der Waals surface area contributed by atoms with Crippen molar-refractivity contribution in [2.24, 2.45) is 11.5 Å². The number of carbonyl (C=O) groups excluding carboxylic acids is 5. The molecule has 3 heterocycles. The van der Waals surface area contributed by atoms with E-state index in [9.17, 15) is 39.3 Å². The van der Waals surface area contributed by atoms with Crippen molar-refractivity contribution in [2.45, 2.75) is 134 Å². The molecule has 1 aromatic carbocycles. The van der Waals surface area contributed by atoms with Crippen molar-refractivity contribution in [3.05, 3.63) is 53.3 Å². The van der Waals surface area contributed by atoms with Gasteiger partial charge in [0.2, 0.25) is 11.8 Å². The largest absolute Gasteiger partial charge is 0.508 e. The van der Waals surface area contributed by atoms with Crippen molar-refractivity contribution in [2.75, 3.05) is 13.2 Å². The van der Waals surface area contributed by atoms with Crippen LogP contribution in [0.4, 0.5) is 9.59 Å². The first-order valence-corrected chi connectivity index (χ1v) is 19.5. The number of Topliss-reactive ketones (excluding diaryl/α,β-unsaturated/α-hetero) is 3. The molecule has 1 fully saturated rings. The van der Waals surface area contributed by atoms with Gasteiger partial charge in [0.1, 0.15) is 29.7 Å². The van der Waals surface area contributed by atoms with Crippen LogP contribution in [0.3, 0.4) is 0 Å². The van der Waals surface area contributed by atoms with E-state index >= 15 is 0 Å². The van der Waals surface area contributed by atoms with Gasteiger partial charge in [0.25, 0.3) is 0 Å². The Kier molecular flexibility index (Phi) is 19.0. The minimum atomic E-state index is -1.08. The molecule has 326 valence electrons. The average molecular weight is 831 g/mol. The Bertz CT molecular complexity index is 1820. The number of phenolic OH excluding ortho intramolecular Hbond substituents is 1. The number of nitrogens with two attached hydrogens (primary N) is 2. The predicted molar refractivity (Wildman–Crippen MR) is 209 cm³/mol. The zero-order valence-electron chi connectivity index (χ0n) is 34.0. The van der Waals surface area contributed by atoms with Gasteiger partial charge < -0.3 is 61.8 Å². The lowest BCUT2D eigenvalue weighted by Crippen LogP contribution is -2.51. The number of aromatic nitrogens is 4. The van der Waals surface area contributed by atoms with Crippen molar-refractivity contribution in [3.8, 4) is 5.75 Å². The molecule has 8 atom stereocenters. The summed E-state index contributed by atoms with van der Waals surface area (Å²) in [6.07, 6.45) is 2.26. The van der Waals surface area contributed by atoms with E-state index in [1.165, 1.54) is 32.6 Å². The Morgan fingerprint density at radius 2 is 1.53 bits per heavy atom. The summed E-state index contributed by atoms with van der Waals surface area (Å²) in [4.78, 5) is 70.6. The minimum absolute atomic E-state index is 0.0266. The molecular weight excluding hydrogens is 772 g/mol. The predicted octanol–water partition coefficient (Wildman–Crippen LogP) is 1.48. The summed E-state index contributed by atoms with van der Waals surface area (Å²) in [5, 5.41) is 53.3. The smallest absolute Gasteiger partial charge is 0.318 e. The monoisotopic (exact) mass is 830 g/mol. The summed E-state index contributed by atoms with van der Waals surface area (Å²) in [5.74, 6) is 0.0708. The highest BCUT2D eigenvalue weighted by atomic mass is 16.5. The van der Waals surface area contributed by atoms with Crippen LogP contribution in [0.25, 0.3) is 0 Å². The maximum absolute atomic E-state index is 12.9. The van der Waals surface area contributed by atoms with Gasteiger partial charge in [0.15, 0.2) is 23.2 Å². The number of hydrogen-bond donors (Lipinski definition) is 9. The number of phenols is 1. The van der Waals surface area contributed by atoms with Crippen molar-refractivity contribution < 1.29 is 53.4 Å². The molecule has 0 aliphatic carbocycles. The van der Waals surface area contributed by atoms with E-state index in [0.717, 1.165) is 24.8 Å². The first-order chi connectivity index (χ1) is 27.9. The van der Waals surface area contributed by atoms with Crippen LogP contribution in [-0.2, 0) is 20.8 Å². The Morgan fingerprint density at radius 3 is 2.10 bits per heavy atom. The number of aromatic hydroxyl groups is 1. The van der Waals surface area contributed by atoms with E-state index in [4.69, 9.17) is 25.6 Å². The molecule has 3 aromatic rings. The van der Waals surface area contributed by atoms with Crippen LogP contribution < -0.4 is 27.4 Å². The molecule has 1 aliphatic heterocycles. The van der Waals surface area contributed by atoms with Gasteiger partial charge in [0.05, 0.1) is 36.9 Å². The highest BCUT2D eigenvalue weighted by molar-refractivity contribution is 5.88. The standard InChI is InChI=1S/C20H27N5O5.C18H31N5O6/c1-11(26)16-4-3-9-25(16)20(29)22-15(10-13-5-7-14(28)8-6-13)19-23-18(24-30-19)17(21)12(2)27;1-4-5-6-12(27)7-8-14(17-22-16(23-29-17)13(19)9-24)20-18(28)21-15(10(2)25)11(3)26/h5-8,12,15-17,27-28H,3-4,9-10,21H2,1-2H3,(H,22,29);10,13-15,24-25H,4-9,19H2,1-3H3,(H2,20,21,28)/t12?,15-,16-,17-;10?,13-,14-,15-/m00/s1. The van der Waals surface area contributed by atoms with E-state index in [0.29, 0.717) is 25.8 Å². The Hall–Kier alpha value is -5.35. The van der Waals surface area contributed by atoms with Crippen LogP contribution in [-0.4, -0.2) is 112 Å². The number of likely N-dealkylation sites (tertiary alicyclic amines) is 1. The van der Waals surface area contributed by atoms with Gasteiger partial charge in [-0.05, 0) is 71.1 Å². The van der Waals surface area contributed by atoms with Gasteiger partial charge in [-0.15, -0.1) is 0 Å². The maximum Gasteiger partial charge on any atom is 0.318 e. The molecule has 4 amide bonds. The summed E-state index contributed by atoms with van der Waals surface area (Å²) >= 11 is 0. The van der Waals surface area contributed by atoms with Gasteiger partial charge >= 0.3 is 12.1 Å². The van der Waals surface area contributed by atoms with Crippen molar-refractivity contribution in [1.29, 1.82) is 0 Å². The number of urea groups is 2. The second kappa shape index (κ2) is 23.3. The number of nitrogens with one attached hydrogen (secondary N) is 3. The Morgan fingerprint density at radius 1 is 0.898 bits per heavy atom. The number of aliphatic hydroxyl groups excluding tert-OH is 3. The molecule has 0 saturated carbocycles. The fraction of sp³-hybridized carbons (Fsp3) is 0.605. The number of nitrogens with zero attached hydrogens (tertiary/aromatic N) is 5. The fourth-order valence-corrected chi connectivity index (χ4v) is 6.06. The van der Waals surface area contributed by atoms with Gasteiger partial charge in [-0.3, -0.25) is 14.4 Å². The first kappa shape index (κ1) is 48.0. The Labute approximate surface area is 341 Å². The molecule has 11 N–H and O–H groups in total. The number of unbranched alkanes of at least 4 members (excludes halogenated alkanes) is 1. The SMILES string of the molecule is CC(=O)[C@@H]1CCCN1C(=O)N[C@@H](Cc1ccc(O)cc1)c1nc([C@@H](N)C(C)O)no1.CCCCC(=O)CC[C@H](NC(=O)N[C@H](C(C)=O)C(C)O)c1nc([C@@H](N)CO)no1. The quantitative estimate of drug-likeness (QED) is 0.0778. The van der Waals surface area contributed by atoms with Gasteiger partial charge in [-0.2, -0.15) is 9.97 Å². The molecule has 1 aliphatic rings. The third-order valence-electron chi connectivity index (χ3n) is 9.55. The normalized spacial score (nSPS) is 17.3. The average Bonchev–Trinajstić information content (AvgIpc) is 4.00. The number of ketones is 3. The molecule has 21 heteroatoms. The lowest BCUT2D eigenvalue weighted by molar-refractivity contribution is -0.121. The van der Waals surface area contributed by atoms with E-state index in [-0.39, 0.29) is 60.2 Å². The number of rotatable bonds is 20. The van der Waals surface area contributed by atoms with Crippen LogP contribution in [0, 0.1) is 0 Å². The molecule has 4 rings (SSSR count). The highest BCUT2D eigenvalue weighted by Gasteiger charge is 2.34. The summed E-state index contributed by atoms with van der Waals surface area (Å²) < 4.78 is 10.5. The number of benzene rings is 1. The number of aliphatic hydroxyl groups is 3. The van der Waals surface area contributed by atoms with Gasteiger partial charge in [-0.25, -0.2) is 9.59 Å². The number of carbonyl (C=O) groups is 5. The second-order valence-electron chi connectivity index (χ2n) is 14.6. The van der Waals surface area contributed by atoms with Crippen LogP contribution in [0.15, 0.2) is 33.3 Å². The molecule has 0 bridgehead atoms. The van der Waals surface area contributed by atoms with E-state index in [1.54, 1.807) is 24.3 Å². The zero-order valence-corrected chi connectivity index (χ0v) is 34.0. The van der Waals surface area contributed by atoms with Gasteiger partial charge in [-0.1, -0.05) is 35.8 Å². The minimum Gasteiger partial charge on any atom is -0.508 e. The van der Waals surface area contributed by atoms with Crippen molar-refractivity contribution >= 4 is 29.4 Å². The molecule has 2 unspecified atom stereocenters. The fourth-order valence-electron chi connectivity index (χ4n) is 6.06. The van der Waals surface area contributed by atoms with Crippen LogP contribution in [0.2, 0.25) is 0 Å². The van der Waals surface area contributed by atoms with E-state index in [2.05, 4.69) is 36.2 Å². The van der Waals surface area contributed by atoms with Crippen LogP contribution in [0.1, 0.15) is 133 Å². The molecular formula is C38H58N10O11. The summed E-state index contributed by atoms with van der Waals surface area (Å²) in [7, 11) is 0. The third kappa shape index (κ3) is 14.8. The summed E-state index contributed by atoms with van der Waals surface area (Å²) in [5.41, 5.74) is 12.4. The molecule has 1 saturated heterocycles. The van der Waals surface area contributed by atoms with Crippen LogP contribution >= 0.6 is 0 Å². The molecule has 2 aromatic heterocycles. The molecule has 21 nitrogen and oxygen atoms in total. The topological polar surface area (TPSA) is 335 Å². The lowest BCUT2D eigenvalue weighted by Gasteiger charge is -2.25. The second-order valence-corrected chi connectivity index (χ2v) is 14.6. The zero-order chi connectivity index (χ0) is 43.8. The van der Waals surface area contributed by atoms with E-state index < -0.39 is 66.3 Å². The van der Waals surface area contributed by atoms with Gasteiger partial charge in [0, 0.05) is 25.8 Å². The van der Waals surface area contributed by atoms with Crippen LogP contribution in [0.5, 0.6) is 5.75 Å². The first-order valence-electron chi connectivity index (χ1n) is 19.5. The number of hydrogen-bond acceptors (Lipinski definition) is 17. The maximum atomic E-state index is 12.9. The lowest BCUT2D eigenvalue weighted by atomic mass is 10.0. The Balaban J connectivity index is 0.000000316. The van der Waals surface area contributed by atoms with Crippen molar-refractivity contribution in [1.82, 2.24) is 41.1 Å².